The quantitative estimate of drug-likeness (QED) is 0.883. The molecule has 5 heteroatoms. The van der Waals surface area contributed by atoms with E-state index in [0.717, 1.165) is 37.8 Å². The summed E-state index contributed by atoms with van der Waals surface area (Å²) in [6.07, 6.45) is 6.43. The van der Waals surface area contributed by atoms with E-state index in [-0.39, 0.29) is 11.8 Å². The van der Waals surface area contributed by atoms with E-state index in [1.807, 2.05) is 6.92 Å². The first-order chi connectivity index (χ1) is 9.58. The van der Waals surface area contributed by atoms with Gasteiger partial charge in [-0.15, -0.1) is 0 Å². The molecular formula is C15H20N2O3. The third-order valence-electron chi connectivity index (χ3n) is 3.85. The second-order valence-electron chi connectivity index (χ2n) is 5.38. The molecule has 2 rings (SSSR count). The van der Waals surface area contributed by atoms with Crippen molar-refractivity contribution in [3.63, 3.8) is 0 Å². The van der Waals surface area contributed by atoms with Gasteiger partial charge in [0.25, 0.3) is 5.91 Å². The SMILES string of the molecule is Cc1ccc(C(=O)NC(C(=O)O)C2CCCCC2)cn1. The Morgan fingerprint density at radius 3 is 2.55 bits per heavy atom. The molecular weight excluding hydrogens is 256 g/mol. The third kappa shape index (κ3) is 3.56. The van der Waals surface area contributed by atoms with Gasteiger partial charge in [-0.25, -0.2) is 4.79 Å². The van der Waals surface area contributed by atoms with E-state index in [4.69, 9.17) is 0 Å². The van der Waals surface area contributed by atoms with Crippen molar-refractivity contribution in [1.82, 2.24) is 10.3 Å². The van der Waals surface area contributed by atoms with Gasteiger partial charge in [-0.3, -0.25) is 9.78 Å². The monoisotopic (exact) mass is 276 g/mol. The fourth-order valence-electron chi connectivity index (χ4n) is 2.68. The highest BCUT2D eigenvalue weighted by molar-refractivity contribution is 5.96. The summed E-state index contributed by atoms with van der Waals surface area (Å²) in [5.74, 6) is -1.29. The van der Waals surface area contributed by atoms with Crippen molar-refractivity contribution in [1.29, 1.82) is 0 Å². The number of nitrogens with zero attached hydrogens (tertiary/aromatic N) is 1. The highest BCUT2D eigenvalue weighted by Gasteiger charge is 2.30. The van der Waals surface area contributed by atoms with Crippen molar-refractivity contribution in [2.75, 3.05) is 0 Å². The zero-order valence-corrected chi connectivity index (χ0v) is 11.6. The molecule has 1 aromatic rings. The Labute approximate surface area is 118 Å². The fraction of sp³-hybridized carbons (Fsp3) is 0.533. The van der Waals surface area contributed by atoms with Crippen LogP contribution >= 0.6 is 0 Å². The summed E-state index contributed by atoms with van der Waals surface area (Å²) in [7, 11) is 0. The molecule has 1 aromatic heterocycles. The van der Waals surface area contributed by atoms with Crippen LogP contribution in [-0.2, 0) is 4.79 Å². The van der Waals surface area contributed by atoms with Gasteiger partial charge in [-0.05, 0) is 37.8 Å². The van der Waals surface area contributed by atoms with Crippen LogP contribution in [-0.4, -0.2) is 28.0 Å². The number of amides is 1. The van der Waals surface area contributed by atoms with E-state index in [1.54, 1.807) is 12.1 Å². The molecule has 20 heavy (non-hydrogen) atoms. The molecule has 5 nitrogen and oxygen atoms in total. The number of aliphatic carboxylic acids is 1. The minimum absolute atomic E-state index is 0.0311. The van der Waals surface area contributed by atoms with Crippen molar-refractivity contribution >= 4 is 11.9 Å². The molecule has 0 bridgehead atoms. The maximum atomic E-state index is 12.1. The predicted molar refractivity (Wildman–Crippen MR) is 74.4 cm³/mol. The molecule has 1 aliphatic rings. The summed E-state index contributed by atoms with van der Waals surface area (Å²) in [4.78, 5) is 27.5. The Balaban J connectivity index is 2.05. The van der Waals surface area contributed by atoms with Gasteiger partial charge in [0, 0.05) is 11.9 Å². The number of carboxylic acid groups (broad SMARTS) is 1. The largest absolute Gasteiger partial charge is 0.480 e. The first-order valence-corrected chi connectivity index (χ1v) is 7.04. The van der Waals surface area contributed by atoms with E-state index in [2.05, 4.69) is 10.3 Å². The van der Waals surface area contributed by atoms with Crippen LogP contribution in [0.2, 0.25) is 0 Å². The normalized spacial score (nSPS) is 17.4. The molecule has 1 unspecified atom stereocenters. The third-order valence-corrected chi connectivity index (χ3v) is 3.85. The van der Waals surface area contributed by atoms with Crippen molar-refractivity contribution in [2.45, 2.75) is 45.1 Å². The number of aryl methyl sites for hydroxylation is 1. The van der Waals surface area contributed by atoms with Crippen LogP contribution in [0.3, 0.4) is 0 Å². The standard InChI is InChI=1S/C15H20N2O3/c1-10-7-8-12(9-16-10)14(18)17-13(15(19)20)11-5-3-2-4-6-11/h7-9,11,13H,2-6H2,1H3,(H,17,18)(H,19,20). The maximum Gasteiger partial charge on any atom is 0.326 e. The van der Waals surface area contributed by atoms with E-state index in [9.17, 15) is 14.7 Å². The molecule has 1 atom stereocenters. The zero-order valence-electron chi connectivity index (χ0n) is 11.6. The first-order valence-electron chi connectivity index (χ1n) is 7.04. The molecule has 1 amide bonds. The topological polar surface area (TPSA) is 79.3 Å². The van der Waals surface area contributed by atoms with Crippen LogP contribution in [0, 0.1) is 12.8 Å². The number of nitrogens with one attached hydrogen (secondary N) is 1. The second-order valence-corrected chi connectivity index (χ2v) is 5.38. The van der Waals surface area contributed by atoms with E-state index in [1.165, 1.54) is 6.20 Å². The number of pyridine rings is 1. The van der Waals surface area contributed by atoms with Gasteiger partial charge in [0.05, 0.1) is 5.56 Å². The number of hydrogen-bond donors (Lipinski definition) is 2. The molecule has 0 saturated heterocycles. The Kier molecular flexibility index (Phi) is 4.71. The minimum Gasteiger partial charge on any atom is -0.480 e. The van der Waals surface area contributed by atoms with E-state index in [0.29, 0.717) is 5.56 Å². The Hall–Kier alpha value is -1.91. The number of carbonyl (C=O) groups is 2. The fourth-order valence-corrected chi connectivity index (χ4v) is 2.68. The molecule has 1 fully saturated rings. The first kappa shape index (κ1) is 14.5. The predicted octanol–water partition coefficient (Wildman–Crippen LogP) is 2.15. The number of rotatable bonds is 4. The van der Waals surface area contributed by atoms with Gasteiger partial charge < -0.3 is 10.4 Å². The lowest BCUT2D eigenvalue weighted by Crippen LogP contribution is -2.46. The summed E-state index contributed by atoms with van der Waals surface area (Å²) in [6.45, 7) is 1.84. The molecule has 2 N–H and O–H groups in total. The van der Waals surface area contributed by atoms with Crippen molar-refractivity contribution in [2.24, 2.45) is 5.92 Å². The van der Waals surface area contributed by atoms with Crippen LogP contribution in [0.25, 0.3) is 0 Å². The zero-order chi connectivity index (χ0) is 14.5. The summed E-state index contributed by atoms with van der Waals surface area (Å²) in [6, 6.07) is 2.60. The summed E-state index contributed by atoms with van der Waals surface area (Å²) in [5, 5.41) is 12.0. The Bertz CT molecular complexity index is 478. The molecule has 0 radical (unpaired) electrons. The average Bonchev–Trinajstić information content (AvgIpc) is 2.46. The van der Waals surface area contributed by atoms with Gasteiger partial charge in [-0.1, -0.05) is 19.3 Å². The van der Waals surface area contributed by atoms with E-state index < -0.39 is 12.0 Å². The molecule has 1 saturated carbocycles. The lowest BCUT2D eigenvalue weighted by molar-refractivity contribution is -0.141. The molecule has 0 aliphatic heterocycles. The van der Waals surface area contributed by atoms with Gasteiger partial charge in [-0.2, -0.15) is 0 Å². The summed E-state index contributed by atoms with van der Waals surface area (Å²) in [5.41, 5.74) is 1.22. The van der Waals surface area contributed by atoms with Crippen LogP contribution in [0.5, 0.6) is 0 Å². The number of carboxylic acids is 1. The molecule has 0 aromatic carbocycles. The number of hydrogen-bond acceptors (Lipinski definition) is 3. The van der Waals surface area contributed by atoms with Gasteiger partial charge in [0.1, 0.15) is 6.04 Å². The number of carbonyl (C=O) groups excluding carboxylic acids is 1. The van der Waals surface area contributed by atoms with Crippen LogP contribution in [0.1, 0.15) is 48.2 Å². The second kappa shape index (κ2) is 6.50. The summed E-state index contributed by atoms with van der Waals surface area (Å²) >= 11 is 0. The molecule has 1 aliphatic carbocycles. The molecule has 0 spiro atoms. The lowest BCUT2D eigenvalue weighted by Gasteiger charge is -2.28. The van der Waals surface area contributed by atoms with Gasteiger partial charge >= 0.3 is 5.97 Å². The maximum absolute atomic E-state index is 12.1. The lowest BCUT2D eigenvalue weighted by atomic mass is 9.84. The minimum atomic E-state index is -0.953. The van der Waals surface area contributed by atoms with Gasteiger partial charge in [0.15, 0.2) is 0 Å². The average molecular weight is 276 g/mol. The highest BCUT2D eigenvalue weighted by atomic mass is 16.4. The van der Waals surface area contributed by atoms with Crippen LogP contribution in [0.15, 0.2) is 18.3 Å². The van der Waals surface area contributed by atoms with Crippen LogP contribution in [0.4, 0.5) is 0 Å². The highest BCUT2D eigenvalue weighted by Crippen LogP contribution is 2.26. The van der Waals surface area contributed by atoms with Crippen molar-refractivity contribution in [3.05, 3.63) is 29.6 Å². The van der Waals surface area contributed by atoms with Crippen LogP contribution < -0.4 is 5.32 Å². The number of aromatic nitrogens is 1. The summed E-state index contributed by atoms with van der Waals surface area (Å²) < 4.78 is 0. The van der Waals surface area contributed by atoms with Crippen molar-refractivity contribution in [3.8, 4) is 0 Å². The Morgan fingerprint density at radius 1 is 1.30 bits per heavy atom. The molecule has 108 valence electrons. The smallest absolute Gasteiger partial charge is 0.326 e. The van der Waals surface area contributed by atoms with Crippen molar-refractivity contribution < 1.29 is 14.7 Å². The van der Waals surface area contributed by atoms with E-state index >= 15 is 0 Å². The molecule has 1 heterocycles. The van der Waals surface area contributed by atoms with Gasteiger partial charge in [0.2, 0.25) is 0 Å². The Morgan fingerprint density at radius 2 is 2.00 bits per heavy atom.